The fraction of sp³-hybridized carbons (Fsp3) is 0.286. The first-order valence-corrected chi connectivity index (χ1v) is 6.59. The molecule has 0 saturated heterocycles. The van der Waals surface area contributed by atoms with E-state index in [1.54, 1.807) is 18.2 Å². The van der Waals surface area contributed by atoms with Gasteiger partial charge in [-0.3, -0.25) is 4.79 Å². The summed E-state index contributed by atoms with van der Waals surface area (Å²) >= 11 is 5.87. The third-order valence-corrected chi connectivity index (χ3v) is 2.74. The molecule has 0 aliphatic heterocycles. The van der Waals surface area contributed by atoms with Crippen molar-refractivity contribution in [3.63, 3.8) is 0 Å². The van der Waals surface area contributed by atoms with E-state index in [2.05, 4.69) is 10.6 Å². The van der Waals surface area contributed by atoms with Gasteiger partial charge in [-0.1, -0.05) is 11.6 Å². The molecule has 0 atom stereocenters. The van der Waals surface area contributed by atoms with Gasteiger partial charge in [-0.05, 0) is 24.6 Å². The number of methoxy groups -OCH3 is 1. The van der Waals surface area contributed by atoms with Gasteiger partial charge in [-0.15, -0.1) is 0 Å². The van der Waals surface area contributed by atoms with Crippen molar-refractivity contribution in [3.05, 3.63) is 35.0 Å². The summed E-state index contributed by atoms with van der Waals surface area (Å²) in [6.07, 6.45) is 1.83. The molecule has 7 heteroatoms. The van der Waals surface area contributed by atoms with Gasteiger partial charge in [0.05, 0.1) is 12.8 Å². The molecule has 0 heterocycles. The number of carbonyl (C=O) groups is 1. The number of aliphatic hydroxyl groups is 1. The zero-order valence-corrected chi connectivity index (χ0v) is 12.3. The lowest BCUT2D eigenvalue weighted by Gasteiger charge is -2.10. The van der Waals surface area contributed by atoms with Crippen LogP contribution in [-0.2, 0) is 4.79 Å². The quantitative estimate of drug-likeness (QED) is 0.404. The van der Waals surface area contributed by atoms with Crippen molar-refractivity contribution in [2.24, 2.45) is 0 Å². The van der Waals surface area contributed by atoms with Crippen molar-refractivity contribution >= 4 is 23.2 Å². The number of nitriles is 1. The van der Waals surface area contributed by atoms with Crippen LogP contribution in [0.25, 0.3) is 0 Å². The largest absolute Gasteiger partial charge is 0.495 e. The summed E-state index contributed by atoms with van der Waals surface area (Å²) in [6, 6.07) is 6.59. The van der Waals surface area contributed by atoms with Crippen LogP contribution in [0.3, 0.4) is 0 Å². The van der Waals surface area contributed by atoms with Crippen molar-refractivity contribution in [3.8, 4) is 11.8 Å². The predicted molar refractivity (Wildman–Crippen MR) is 80.0 cm³/mol. The number of amides is 1. The molecule has 0 aliphatic carbocycles. The van der Waals surface area contributed by atoms with Gasteiger partial charge >= 0.3 is 0 Å². The third-order valence-electron chi connectivity index (χ3n) is 2.50. The minimum atomic E-state index is -0.574. The summed E-state index contributed by atoms with van der Waals surface area (Å²) in [5.74, 6) is -0.132. The number of ether oxygens (including phenoxy) is 1. The van der Waals surface area contributed by atoms with E-state index in [1.807, 2.05) is 0 Å². The highest BCUT2D eigenvalue weighted by molar-refractivity contribution is 6.31. The Kier molecular flexibility index (Phi) is 7.09. The van der Waals surface area contributed by atoms with E-state index in [0.29, 0.717) is 29.4 Å². The van der Waals surface area contributed by atoms with Gasteiger partial charge in [0, 0.05) is 24.4 Å². The minimum absolute atomic E-state index is 0.0363. The van der Waals surface area contributed by atoms with E-state index in [1.165, 1.54) is 19.4 Å². The molecule has 6 nitrogen and oxygen atoms in total. The summed E-state index contributed by atoms with van der Waals surface area (Å²) in [6.45, 7) is 0.504. The molecule has 0 fully saturated rings. The number of carbonyl (C=O) groups excluding carboxylic acids is 1. The molecule has 0 aliphatic rings. The average Bonchev–Trinajstić information content (AvgIpc) is 2.47. The highest BCUT2D eigenvalue weighted by atomic mass is 35.5. The van der Waals surface area contributed by atoms with Crippen molar-refractivity contribution in [1.29, 1.82) is 5.26 Å². The monoisotopic (exact) mass is 309 g/mol. The van der Waals surface area contributed by atoms with Gasteiger partial charge in [0.2, 0.25) is 0 Å². The Morgan fingerprint density at radius 3 is 2.95 bits per heavy atom. The lowest BCUT2D eigenvalue weighted by atomic mass is 10.2. The zero-order chi connectivity index (χ0) is 15.7. The van der Waals surface area contributed by atoms with Crippen LogP contribution in [0.2, 0.25) is 5.02 Å². The van der Waals surface area contributed by atoms with Crippen LogP contribution in [0.4, 0.5) is 5.69 Å². The molecule has 0 unspecified atom stereocenters. The molecular formula is C14H16ClN3O3. The van der Waals surface area contributed by atoms with E-state index in [0.717, 1.165) is 0 Å². The molecule has 21 heavy (non-hydrogen) atoms. The number of nitrogens with zero attached hydrogens (tertiary/aromatic N) is 1. The Morgan fingerprint density at radius 1 is 1.57 bits per heavy atom. The van der Waals surface area contributed by atoms with Crippen LogP contribution in [-0.4, -0.2) is 31.3 Å². The summed E-state index contributed by atoms with van der Waals surface area (Å²) in [7, 11) is 1.47. The molecule has 0 aromatic heterocycles. The molecule has 1 rings (SSSR count). The van der Waals surface area contributed by atoms with Crippen molar-refractivity contribution in [1.82, 2.24) is 5.32 Å². The number of rotatable bonds is 7. The Morgan fingerprint density at radius 2 is 2.33 bits per heavy atom. The van der Waals surface area contributed by atoms with Crippen molar-refractivity contribution in [2.75, 3.05) is 25.6 Å². The second-order valence-electron chi connectivity index (χ2n) is 4.00. The van der Waals surface area contributed by atoms with E-state index in [9.17, 15) is 4.79 Å². The van der Waals surface area contributed by atoms with Crippen molar-refractivity contribution < 1.29 is 14.6 Å². The number of hydrogen-bond donors (Lipinski definition) is 3. The first-order chi connectivity index (χ1) is 10.1. The highest BCUT2D eigenvalue weighted by Crippen LogP contribution is 2.27. The molecule has 0 spiro atoms. The number of anilines is 1. The lowest BCUT2D eigenvalue weighted by Crippen LogP contribution is -2.18. The smallest absolute Gasteiger partial charge is 0.267 e. The molecule has 0 bridgehead atoms. The number of halogens is 1. The molecule has 0 radical (unpaired) electrons. The lowest BCUT2D eigenvalue weighted by molar-refractivity contribution is -0.112. The first-order valence-electron chi connectivity index (χ1n) is 6.21. The molecule has 0 saturated carbocycles. The predicted octanol–water partition coefficient (Wildman–Crippen LogP) is 1.67. The number of aliphatic hydroxyl groups excluding tert-OH is 1. The van der Waals surface area contributed by atoms with Gasteiger partial charge in [0.1, 0.15) is 17.4 Å². The standard InChI is InChI=1S/C14H16ClN3O3/c1-21-13-4-3-11(15)7-12(13)18-14(20)10(8-16)9-17-5-2-6-19/h3-4,7,9,17,19H,2,5-6H2,1H3,(H,18,20)/b10-9-. The molecule has 112 valence electrons. The normalized spacial score (nSPS) is 10.7. The fourth-order valence-corrected chi connectivity index (χ4v) is 1.64. The molecular weight excluding hydrogens is 294 g/mol. The number of nitrogens with one attached hydrogen (secondary N) is 2. The maximum absolute atomic E-state index is 12.0. The highest BCUT2D eigenvalue weighted by Gasteiger charge is 2.12. The Bertz CT molecular complexity index is 567. The molecule has 1 aromatic carbocycles. The Hall–Kier alpha value is -2.23. The van der Waals surface area contributed by atoms with Crippen LogP contribution in [0, 0.1) is 11.3 Å². The van der Waals surface area contributed by atoms with Crippen LogP contribution in [0.1, 0.15) is 6.42 Å². The second-order valence-corrected chi connectivity index (χ2v) is 4.44. The van der Waals surface area contributed by atoms with E-state index >= 15 is 0 Å². The van der Waals surface area contributed by atoms with Crippen molar-refractivity contribution in [2.45, 2.75) is 6.42 Å². The SMILES string of the molecule is COc1ccc(Cl)cc1NC(=O)/C(C#N)=C\NCCCO. The fourth-order valence-electron chi connectivity index (χ4n) is 1.47. The summed E-state index contributed by atoms with van der Waals surface area (Å²) in [4.78, 5) is 12.0. The van der Waals surface area contributed by atoms with Gasteiger partial charge in [0.25, 0.3) is 5.91 Å². The van der Waals surface area contributed by atoms with Crippen LogP contribution < -0.4 is 15.4 Å². The van der Waals surface area contributed by atoms with Crippen LogP contribution in [0.5, 0.6) is 5.75 Å². The number of benzene rings is 1. The minimum Gasteiger partial charge on any atom is -0.495 e. The van der Waals surface area contributed by atoms with E-state index in [4.69, 9.17) is 26.7 Å². The van der Waals surface area contributed by atoms with E-state index < -0.39 is 5.91 Å². The van der Waals surface area contributed by atoms with Gasteiger partial charge in [0.15, 0.2) is 0 Å². The Labute approximate surface area is 128 Å². The summed E-state index contributed by atoms with van der Waals surface area (Å²) in [5.41, 5.74) is 0.293. The average molecular weight is 310 g/mol. The van der Waals surface area contributed by atoms with Crippen LogP contribution in [0.15, 0.2) is 30.0 Å². The molecule has 3 N–H and O–H groups in total. The van der Waals surface area contributed by atoms with E-state index in [-0.39, 0.29) is 12.2 Å². The van der Waals surface area contributed by atoms with Crippen LogP contribution >= 0.6 is 11.6 Å². The number of hydrogen-bond acceptors (Lipinski definition) is 5. The maximum Gasteiger partial charge on any atom is 0.267 e. The zero-order valence-electron chi connectivity index (χ0n) is 11.5. The second kappa shape index (κ2) is 8.84. The summed E-state index contributed by atoms with van der Waals surface area (Å²) < 4.78 is 5.11. The van der Waals surface area contributed by atoms with Gasteiger partial charge < -0.3 is 20.5 Å². The Balaban J connectivity index is 2.79. The van der Waals surface area contributed by atoms with Gasteiger partial charge in [-0.2, -0.15) is 5.26 Å². The maximum atomic E-state index is 12.0. The molecule has 1 amide bonds. The third kappa shape index (κ3) is 5.34. The van der Waals surface area contributed by atoms with Gasteiger partial charge in [-0.25, -0.2) is 0 Å². The summed E-state index contributed by atoms with van der Waals surface area (Å²) in [5, 5.41) is 23.4. The first kappa shape index (κ1) is 16.8. The topological polar surface area (TPSA) is 94.4 Å². The molecule has 1 aromatic rings.